The Bertz CT molecular complexity index is 443. The van der Waals surface area contributed by atoms with Crippen LogP contribution < -0.4 is 10.6 Å². The SMILES string of the molecule is CCC1CCN(c2ccc(C(F)(F)F)cc2CN)C1. The Kier molecular flexibility index (Phi) is 4.04. The average molecular weight is 272 g/mol. The van der Waals surface area contributed by atoms with E-state index in [-0.39, 0.29) is 6.54 Å². The zero-order chi connectivity index (χ0) is 14.0. The lowest BCUT2D eigenvalue weighted by Gasteiger charge is -2.22. The van der Waals surface area contributed by atoms with Crippen molar-refractivity contribution >= 4 is 5.69 Å². The summed E-state index contributed by atoms with van der Waals surface area (Å²) in [7, 11) is 0. The summed E-state index contributed by atoms with van der Waals surface area (Å²) in [5.74, 6) is 0.632. The molecule has 0 bridgehead atoms. The molecule has 19 heavy (non-hydrogen) atoms. The quantitative estimate of drug-likeness (QED) is 0.913. The van der Waals surface area contributed by atoms with Crippen LogP contribution in [0.1, 0.15) is 30.9 Å². The van der Waals surface area contributed by atoms with Crippen molar-refractivity contribution in [3.05, 3.63) is 29.3 Å². The van der Waals surface area contributed by atoms with Crippen molar-refractivity contribution in [3.8, 4) is 0 Å². The van der Waals surface area contributed by atoms with Gasteiger partial charge >= 0.3 is 6.18 Å². The lowest BCUT2D eigenvalue weighted by Crippen LogP contribution is -2.22. The summed E-state index contributed by atoms with van der Waals surface area (Å²) in [6.45, 7) is 4.09. The van der Waals surface area contributed by atoms with Gasteiger partial charge in [-0.1, -0.05) is 13.3 Å². The average Bonchev–Trinajstić information content (AvgIpc) is 2.85. The Morgan fingerprint density at radius 1 is 1.37 bits per heavy atom. The normalized spacial score (nSPS) is 20.1. The molecule has 1 unspecified atom stereocenters. The minimum absolute atomic E-state index is 0.131. The van der Waals surface area contributed by atoms with E-state index in [1.165, 1.54) is 6.07 Å². The summed E-state index contributed by atoms with van der Waals surface area (Å²) in [5.41, 5.74) is 6.41. The summed E-state index contributed by atoms with van der Waals surface area (Å²) in [6, 6.07) is 3.88. The highest BCUT2D eigenvalue weighted by Gasteiger charge is 2.31. The summed E-state index contributed by atoms with van der Waals surface area (Å²) < 4.78 is 38.0. The summed E-state index contributed by atoms with van der Waals surface area (Å²) in [5, 5.41) is 0. The number of rotatable bonds is 3. The standard InChI is InChI=1S/C14H19F3N2/c1-2-10-5-6-19(9-10)13-4-3-12(14(15,16)17)7-11(13)8-18/h3-4,7,10H,2,5-6,8-9,18H2,1H3. The molecule has 0 radical (unpaired) electrons. The number of benzene rings is 1. The second-order valence-electron chi connectivity index (χ2n) is 5.05. The fraction of sp³-hybridized carbons (Fsp3) is 0.571. The van der Waals surface area contributed by atoms with E-state index >= 15 is 0 Å². The summed E-state index contributed by atoms with van der Waals surface area (Å²) in [4.78, 5) is 2.15. The minimum Gasteiger partial charge on any atom is -0.371 e. The molecule has 2 nitrogen and oxygen atoms in total. The maximum Gasteiger partial charge on any atom is 0.416 e. The molecule has 1 heterocycles. The highest BCUT2D eigenvalue weighted by Crippen LogP contribution is 2.34. The topological polar surface area (TPSA) is 29.3 Å². The molecule has 1 aromatic rings. The van der Waals surface area contributed by atoms with Crippen molar-refractivity contribution in [2.24, 2.45) is 11.7 Å². The minimum atomic E-state index is -4.31. The number of nitrogens with zero attached hydrogens (tertiary/aromatic N) is 1. The molecule has 1 fully saturated rings. The van der Waals surface area contributed by atoms with Gasteiger partial charge in [-0.2, -0.15) is 13.2 Å². The number of alkyl halides is 3. The Morgan fingerprint density at radius 3 is 2.63 bits per heavy atom. The first-order valence-electron chi connectivity index (χ1n) is 6.60. The van der Waals surface area contributed by atoms with E-state index in [0.717, 1.165) is 37.7 Å². The molecule has 1 atom stereocenters. The van der Waals surface area contributed by atoms with Gasteiger partial charge in [0.15, 0.2) is 0 Å². The van der Waals surface area contributed by atoms with Crippen LogP contribution in [-0.2, 0) is 12.7 Å². The fourth-order valence-corrected chi connectivity index (χ4v) is 2.62. The molecule has 1 aromatic carbocycles. The zero-order valence-electron chi connectivity index (χ0n) is 11.0. The molecule has 1 aliphatic rings. The van der Waals surface area contributed by atoms with Gasteiger partial charge in [0.2, 0.25) is 0 Å². The molecule has 5 heteroatoms. The van der Waals surface area contributed by atoms with Gasteiger partial charge in [0, 0.05) is 25.3 Å². The van der Waals surface area contributed by atoms with Crippen LogP contribution in [0.3, 0.4) is 0 Å². The Balaban J connectivity index is 2.27. The number of hydrogen-bond acceptors (Lipinski definition) is 2. The number of halogens is 3. The summed E-state index contributed by atoms with van der Waals surface area (Å²) in [6.07, 6.45) is -2.10. The van der Waals surface area contributed by atoms with E-state index < -0.39 is 11.7 Å². The maximum atomic E-state index is 12.7. The van der Waals surface area contributed by atoms with Crippen molar-refractivity contribution in [3.63, 3.8) is 0 Å². The van der Waals surface area contributed by atoms with Gasteiger partial charge in [-0.15, -0.1) is 0 Å². The lowest BCUT2D eigenvalue weighted by molar-refractivity contribution is -0.137. The van der Waals surface area contributed by atoms with Crippen LogP contribution >= 0.6 is 0 Å². The largest absolute Gasteiger partial charge is 0.416 e. The fourth-order valence-electron chi connectivity index (χ4n) is 2.62. The van der Waals surface area contributed by atoms with Gasteiger partial charge in [-0.25, -0.2) is 0 Å². The van der Waals surface area contributed by atoms with Crippen LogP contribution in [0.4, 0.5) is 18.9 Å². The highest BCUT2D eigenvalue weighted by atomic mass is 19.4. The van der Waals surface area contributed by atoms with Gasteiger partial charge in [0.05, 0.1) is 5.56 Å². The Labute approximate surface area is 111 Å². The van der Waals surface area contributed by atoms with Gasteiger partial charge in [-0.3, -0.25) is 0 Å². The predicted molar refractivity (Wildman–Crippen MR) is 69.9 cm³/mol. The van der Waals surface area contributed by atoms with Crippen molar-refractivity contribution in [2.45, 2.75) is 32.5 Å². The zero-order valence-corrected chi connectivity index (χ0v) is 11.0. The molecule has 2 rings (SSSR count). The predicted octanol–water partition coefficient (Wildman–Crippen LogP) is 3.40. The number of nitrogens with two attached hydrogens (primary N) is 1. The Hall–Kier alpha value is -1.23. The third-order valence-electron chi connectivity index (χ3n) is 3.83. The van der Waals surface area contributed by atoms with Gasteiger partial charge in [0.25, 0.3) is 0 Å². The van der Waals surface area contributed by atoms with Crippen molar-refractivity contribution in [1.29, 1.82) is 0 Å². The molecule has 106 valence electrons. The molecular formula is C14H19F3N2. The molecule has 0 aliphatic carbocycles. The van der Waals surface area contributed by atoms with Crippen LogP contribution in [0.25, 0.3) is 0 Å². The van der Waals surface area contributed by atoms with Crippen LogP contribution in [0.15, 0.2) is 18.2 Å². The van der Waals surface area contributed by atoms with Crippen molar-refractivity contribution < 1.29 is 13.2 Å². The first-order chi connectivity index (χ1) is 8.95. The first-order valence-corrected chi connectivity index (χ1v) is 6.60. The third-order valence-corrected chi connectivity index (χ3v) is 3.83. The van der Waals surface area contributed by atoms with E-state index in [1.54, 1.807) is 6.07 Å². The first kappa shape index (κ1) is 14.2. The maximum absolute atomic E-state index is 12.7. The van der Waals surface area contributed by atoms with Crippen LogP contribution in [0, 0.1) is 5.92 Å². The smallest absolute Gasteiger partial charge is 0.371 e. The number of hydrogen-bond donors (Lipinski definition) is 1. The van der Waals surface area contributed by atoms with E-state index in [9.17, 15) is 13.2 Å². The molecular weight excluding hydrogens is 253 g/mol. The third kappa shape index (κ3) is 3.03. The molecule has 0 aromatic heterocycles. The second-order valence-corrected chi connectivity index (χ2v) is 5.05. The lowest BCUT2D eigenvalue weighted by atomic mass is 10.1. The molecule has 0 saturated carbocycles. The second kappa shape index (κ2) is 5.41. The number of anilines is 1. The van der Waals surface area contributed by atoms with E-state index in [4.69, 9.17) is 5.73 Å². The van der Waals surface area contributed by atoms with Gasteiger partial charge in [-0.05, 0) is 36.1 Å². The molecule has 1 aliphatic heterocycles. The molecule has 1 saturated heterocycles. The highest BCUT2D eigenvalue weighted by molar-refractivity contribution is 5.56. The molecule has 0 spiro atoms. The van der Waals surface area contributed by atoms with Gasteiger partial charge < -0.3 is 10.6 Å². The van der Waals surface area contributed by atoms with Crippen LogP contribution in [-0.4, -0.2) is 13.1 Å². The van der Waals surface area contributed by atoms with E-state index in [1.807, 2.05) is 0 Å². The van der Waals surface area contributed by atoms with Crippen molar-refractivity contribution in [1.82, 2.24) is 0 Å². The Morgan fingerprint density at radius 2 is 2.11 bits per heavy atom. The van der Waals surface area contributed by atoms with Crippen LogP contribution in [0.5, 0.6) is 0 Å². The van der Waals surface area contributed by atoms with E-state index in [0.29, 0.717) is 11.5 Å². The van der Waals surface area contributed by atoms with Gasteiger partial charge in [0.1, 0.15) is 0 Å². The summed E-state index contributed by atoms with van der Waals surface area (Å²) >= 11 is 0. The van der Waals surface area contributed by atoms with E-state index in [2.05, 4.69) is 11.8 Å². The molecule has 2 N–H and O–H groups in total. The monoisotopic (exact) mass is 272 g/mol. The van der Waals surface area contributed by atoms with Crippen LogP contribution in [0.2, 0.25) is 0 Å². The van der Waals surface area contributed by atoms with Crippen molar-refractivity contribution in [2.75, 3.05) is 18.0 Å². The molecule has 0 amide bonds.